The maximum atomic E-state index is 12.8. The molecule has 1 amide bonds. The topological polar surface area (TPSA) is 100 Å². The zero-order valence-electron chi connectivity index (χ0n) is 16.8. The zero-order valence-corrected chi connectivity index (χ0v) is 18.4. The molecule has 1 aliphatic heterocycles. The molecule has 2 aromatic heterocycles. The van der Waals surface area contributed by atoms with Crippen LogP contribution in [0.3, 0.4) is 0 Å². The van der Waals surface area contributed by atoms with Gasteiger partial charge in [0.25, 0.3) is 11.5 Å². The molecule has 0 atom stereocenters. The first kappa shape index (κ1) is 20.3. The minimum atomic E-state index is -0.232. The average Bonchev–Trinajstić information content (AvgIpc) is 3.44. The number of carbonyl (C=O) groups excluding carboxylic acids is 1. The molecule has 1 aliphatic rings. The number of aromatic nitrogens is 4. The molecule has 0 fully saturated rings. The summed E-state index contributed by atoms with van der Waals surface area (Å²) in [5, 5.41) is 7.56. The van der Waals surface area contributed by atoms with Gasteiger partial charge in [0.05, 0.1) is 19.3 Å². The molecule has 32 heavy (non-hydrogen) atoms. The number of nitrogens with one attached hydrogen (secondary N) is 1. The Morgan fingerprint density at radius 2 is 1.94 bits per heavy atom. The highest BCUT2D eigenvalue weighted by Crippen LogP contribution is 2.32. The molecule has 4 aromatic rings. The number of ether oxygens (including phenoxy) is 2. The lowest BCUT2D eigenvalue weighted by atomic mass is 10.2. The molecule has 9 nitrogen and oxygen atoms in total. The highest BCUT2D eigenvalue weighted by Gasteiger charge is 2.16. The molecule has 10 heteroatoms. The van der Waals surface area contributed by atoms with Gasteiger partial charge in [-0.1, -0.05) is 28.1 Å². The fourth-order valence-corrected chi connectivity index (χ4v) is 3.74. The molecule has 5 rings (SSSR count). The smallest absolute Gasteiger partial charge is 0.264 e. The van der Waals surface area contributed by atoms with E-state index in [0.717, 1.165) is 10.0 Å². The maximum Gasteiger partial charge on any atom is 0.264 e. The van der Waals surface area contributed by atoms with Crippen molar-refractivity contribution in [2.24, 2.45) is 0 Å². The number of fused-ring (bicyclic) bond motifs is 2. The van der Waals surface area contributed by atoms with Gasteiger partial charge in [-0.3, -0.25) is 14.2 Å². The second kappa shape index (κ2) is 8.46. The van der Waals surface area contributed by atoms with E-state index >= 15 is 0 Å². The molecule has 0 saturated carbocycles. The molecule has 0 bridgehead atoms. The van der Waals surface area contributed by atoms with E-state index in [1.54, 1.807) is 27.4 Å². The summed E-state index contributed by atoms with van der Waals surface area (Å²) in [6.07, 6.45) is 3.04. The Labute approximate surface area is 190 Å². The number of benzene rings is 2. The van der Waals surface area contributed by atoms with Crippen LogP contribution in [0.2, 0.25) is 0 Å². The van der Waals surface area contributed by atoms with Crippen LogP contribution in [-0.2, 0) is 13.1 Å². The number of carbonyl (C=O) groups is 1. The lowest BCUT2D eigenvalue weighted by Crippen LogP contribution is -2.27. The molecule has 1 N–H and O–H groups in total. The normalized spacial score (nSPS) is 12.3. The van der Waals surface area contributed by atoms with Gasteiger partial charge in [-0.05, 0) is 35.9 Å². The van der Waals surface area contributed by atoms with Crippen molar-refractivity contribution in [3.05, 3.63) is 80.9 Å². The molecule has 0 aliphatic carbocycles. The van der Waals surface area contributed by atoms with Gasteiger partial charge in [-0.2, -0.15) is 5.10 Å². The van der Waals surface area contributed by atoms with Gasteiger partial charge in [-0.25, -0.2) is 9.67 Å². The third kappa shape index (κ3) is 3.96. The minimum absolute atomic E-state index is 0.157. The van der Waals surface area contributed by atoms with Crippen LogP contribution in [0.4, 0.5) is 0 Å². The van der Waals surface area contributed by atoms with E-state index in [2.05, 4.69) is 31.3 Å². The Kier molecular flexibility index (Phi) is 5.36. The maximum absolute atomic E-state index is 12.8. The molecule has 2 aromatic carbocycles. The molecular weight excluding hydrogens is 478 g/mol. The van der Waals surface area contributed by atoms with Gasteiger partial charge >= 0.3 is 0 Å². The van der Waals surface area contributed by atoms with Crippen LogP contribution in [-0.4, -0.2) is 38.6 Å². The van der Waals surface area contributed by atoms with Crippen LogP contribution in [0.25, 0.3) is 11.0 Å². The molecule has 0 radical (unpaired) electrons. The lowest BCUT2D eigenvalue weighted by Gasteiger charge is -2.08. The van der Waals surface area contributed by atoms with Crippen molar-refractivity contribution in [1.82, 2.24) is 24.6 Å². The summed E-state index contributed by atoms with van der Waals surface area (Å²) in [6.45, 7) is 1.28. The van der Waals surface area contributed by atoms with Crippen LogP contribution in [0.15, 0.2) is 64.3 Å². The second-order valence-corrected chi connectivity index (χ2v) is 8.15. The Morgan fingerprint density at radius 1 is 1.12 bits per heavy atom. The number of halogens is 1. The van der Waals surface area contributed by atoms with Gasteiger partial charge < -0.3 is 14.8 Å². The number of rotatable bonds is 6. The van der Waals surface area contributed by atoms with Crippen molar-refractivity contribution in [1.29, 1.82) is 0 Å². The first-order valence-electron chi connectivity index (χ1n) is 9.92. The average molecular weight is 496 g/mol. The van der Waals surface area contributed by atoms with E-state index in [-0.39, 0.29) is 18.3 Å². The van der Waals surface area contributed by atoms with Crippen molar-refractivity contribution in [2.45, 2.75) is 13.1 Å². The predicted octanol–water partition coefficient (Wildman–Crippen LogP) is 2.56. The van der Waals surface area contributed by atoms with Gasteiger partial charge in [0.1, 0.15) is 11.7 Å². The third-order valence-corrected chi connectivity index (χ3v) is 5.66. The Bertz CT molecular complexity index is 1360. The molecule has 162 valence electrons. The second-order valence-electron chi connectivity index (χ2n) is 7.23. The van der Waals surface area contributed by atoms with E-state index in [4.69, 9.17) is 9.47 Å². The number of nitrogens with zero attached hydrogens (tertiary/aromatic N) is 4. The van der Waals surface area contributed by atoms with Crippen molar-refractivity contribution in [3.8, 4) is 11.5 Å². The van der Waals surface area contributed by atoms with Crippen molar-refractivity contribution < 1.29 is 14.3 Å². The van der Waals surface area contributed by atoms with Crippen molar-refractivity contribution in [2.75, 3.05) is 13.3 Å². The van der Waals surface area contributed by atoms with Gasteiger partial charge in [0.15, 0.2) is 17.1 Å². The number of amides is 1. The standard InChI is InChI=1S/C22H18BrN5O4/c23-16-4-1-14(2-5-16)11-27-12-25-20-17(22(27)30)10-26-28(20)8-7-24-21(29)15-3-6-18-19(9-15)32-13-31-18/h1-6,9-10,12H,7-8,11,13H2,(H,24,29). The van der Waals surface area contributed by atoms with E-state index in [1.165, 1.54) is 12.5 Å². The van der Waals surface area contributed by atoms with Gasteiger partial charge in [-0.15, -0.1) is 0 Å². The fraction of sp³-hybridized carbons (Fsp3) is 0.182. The summed E-state index contributed by atoms with van der Waals surface area (Å²) >= 11 is 3.41. The Morgan fingerprint density at radius 3 is 2.78 bits per heavy atom. The highest BCUT2D eigenvalue weighted by molar-refractivity contribution is 9.10. The summed E-state index contributed by atoms with van der Waals surface area (Å²) in [6, 6.07) is 12.8. The summed E-state index contributed by atoms with van der Waals surface area (Å²) in [7, 11) is 0. The Hall–Kier alpha value is -3.66. The quantitative estimate of drug-likeness (QED) is 0.441. The SMILES string of the molecule is O=C(NCCn1ncc2c(=O)n(Cc3ccc(Br)cc3)cnc21)c1ccc2c(c1)OCO2. The Balaban J connectivity index is 1.26. The first-order chi connectivity index (χ1) is 15.6. The van der Waals surface area contributed by atoms with Crippen LogP contribution in [0.5, 0.6) is 11.5 Å². The molecule has 3 heterocycles. The van der Waals surface area contributed by atoms with E-state index in [9.17, 15) is 9.59 Å². The lowest BCUT2D eigenvalue weighted by molar-refractivity contribution is 0.0951. The molecule has 0 saturated heterocycles. The minimum Gasteiger partial charge on any atom is -0.454 e. The van der Waals surface area contributed by atoms with Gasteiger partial charge in [0.2, 0.25) is 6.79 Å². The summed E-state index contributed by atoms with van der Waals surface area (Å²) in [5.74, 6) is 0.949. The zero-order chi connectivity index (χ0) is 22.1. The predicted molar refractivity (Wildman–Crippen MR) is 120 cm³/mol. The largest absolute Gasteiger partial charge is 0.454 e. The molecule has 0 spiro atoms. The summed E-state index contributed by atoms with van der Waals surface area (Å²) in [4.78, 5) is 29.7. The summed E-state index contributed by atoms with van der Waals surface area (Å²) in [5.41, 5.74) is 1.80. The number of hydrogen-bond donors (Lipinski definition) is 1. The van der Waals surface area contributed by atoms with Crippen molar-refractivity contribution >= 4 is 32.9 Å². The fourth-order valence-electron chi connectivity index (χ4n) is 3.48. The highest BCUT2D eigenvalue weighted by atomic mass is 79.9. The van der Waals surface area contributed by atoms with E-state index in [0.29, 0.717) is 47.7 Å². The van der Waals surface area contributed by atoms with Gasteiger partial charge in [0, 0.05) is 16.6 Å². The first-order valence-corrected chi connectivity index (χ1v) is 10.7. The van der Waals surface area contributed by atoms with Crippen LogP contribution in [0.1, 0.15) is 15.9 Å². The summed E-state index contributed by atoms with van der Waals surface area (Å²) < 4.78 is 14.7. The molecular formula is C22H18BrN5O4. The van der Waals surface area contributed by atoms with E-state index in [1.807, 2.05) is 24.3 Å². The van der Waals surface area contributed by atoms with E-state index < -0.39 is 0 Å². The van der Waals surface area contributed by atoms with Crippen LogP contribution in [0, 0.1) is 0 Å². The van der Waals surface area contributed by atoms with Crippen molar-refractivity contribution in [3.63, 3.8) is 0 Å². The monoisotopic (exact) mass is 495 g/mol. The number of hydrogen-bond acceptors (Lipinski definition) is 6. The van der Waals surface area contributed by atoms with Crippen LogP contribution < -0.4 is 20.3 Å². The molecule has 0 unspecified atom stereocenters. The van der Waals surface area contributed by atoms with Crippen LogP contribution >= 0.6 is 15.9 Å². The third-order valence-electron chi connectivity index (χ3n) is 5.13.